The first-order valence-electron chi connectivity index (χ1n) is 6.09. The molecule has 4 nitrogen and oxygen atoms in total. The Bertz CT molecular complexity index is 672. The minimum Gasteiger partial charge on any atom is -0.495 e. The average molecular weight is 290 g/mol. The zero-order valence-electron chi connectivity index (χ0n) is 10.7. The predicted molar refractivity (Wildman–Crippen MR) is 76.2 cm³/mol. The van der Waals surface area contributed by atoms with Crippen LogP contribution in [0.25, 0.3) is 0 Å². The number of carbonyl (C=O) groups excluding carboxylic acids is 1. The lowest BCUT2D eigenvalue weighted by Gasteiger charge is -2.15. The molecule has 0 radical (unpaired) electrons. The lowest BCUT2D eigenvalue weighted by atomic mass is 10.1. The molecule has 0 saturated heterocycles. The van der Waals surface area contributed by atoms with Gasteiger partial charge in [-0.15, -0.1) is 0 Å². The maximum atomic E-state index is 11.7. The first kappa shape index (κ1) is 12.8. The summed E-state index contributed by atoms with van der Waals surface area (Å²) in [6, 6.07) is 12.6. The van der Waals surface area contributed by atoms with E-state index in [4.69, 9.17) is 21.1 Å². The van der Waals surface area contributed by atoms with Crippen molar-refractivity contribution in [1.82, 2.24) is 0 Å². The molecule has 0 bridgehead atoms. The monoisotopic (exact) mass is 289 g/mol. The van der Waals surface area contributed by atoms with Crippen LogP contribution >= 0.6 is 11.6 Å². The summed E-state index contributed by atoms with van der Waals surface area (Å²) in [6.45, 7) is 0. The van der Waals surface area contributed by atoms with Gasteiger partial charge in [0, 0.05) is 11.3 Å². The van der Waals surface area contributed by atoms with E-state index in [-0.39, 0.29) is 5.97 Å². The highest BCUT2D eigenvalue weighted by molar-refractivity contribution is 6.32. The second-order valence-electron chi connectivity index (χ2n) is 4.37. The van der Waals surface area contributed by atoms with Crippen LogP contribution in [0.4, 0.5) is 5.69 Å². The molecule has 1 atom stereocenters. The fourth-order valence-electron chi connectivity index (χ4n) is 2.16. The maximum absolute atomic E-state index is 11.7. The predicted octanol–water partition coefficient (Wildman–Crippen LogP) is 3.63. The van der Waals surface area contributed by atoms with Gasteiger partial charge in [0.1, 0.15) is 5.75 Å². The van der Waals surface area contributed by atoms with E-state index in [0.717, 1.165) is 11.3 Å². The molecule has 0 spiro atoms. The smallest absolute Gasteiger partial charge is 0.340 e. The van der Waals surface area contributed by atoms with Gasteiger partial charge in [-0.1, -0.05) is 29.8 Å². The van der Waals surface area contributed by atoms with E-state index < -0.39 is 6.23 Å². The number of rotatable bonds is 3. The number of hydrogen-bond donors (Lipinski definition) is 1. The summed E-state index contributed by atoms with van der Waals surface area (Å²) < 4.78 is 10.4. The Kier molecular flexibility index (Phi) is 3.24. The Balaban J connectivity index is 1.86. The van der Waals surface area contributed by atoms with Crippen molar-refractivity contribution in [3.05, 3.63) is 58.6 Å². The van der Waals surface area contributed by atoms with Crippen LogP contribution < -0.4 is 10.1 Å². The summed E-state index contributed by atoms with van der Waals surface area (Å²) in [5.74, 6) is 0.277. The summed E-state index contributed by atoms with van der Waals surface area (Å²) in [7, 11) is 1.56. The third-order valence-electron chi connectivity index (χ3n) is 3.14. The number of fused-ring (bicyclic) bond motifs is 1. The number of benzene rings is 2. The highest BCUT2D eigenvalue weighted by Gasteiger charge is 2.30. The first-order valence-corrected chi connectivity index (χ1v) is 6.47. The van der Waals surface area contributed by atoms with E-state index in [9.17, 15) is 4.79 Å². The van der Waals surface area contributed by atoms with Crippen molar-refractivity contribution >= 4 is 23.3 Å². The fourth-order valence-corrected chi connectivity index (χ4v) is 2.42. The lowest BCUT2D eigenvalue weighted by Crippen LogP contribution is -2.10. The molecule has 1 aliphatic rings. The molecule has 3 rings (SSSR count). The van der Waals surface area contributed by atoms with Gasteiger partial charge in [-0.05, 0) is 24.3 Å². The summed E-state index contributed by atoms with van der Waals surface area (Å²) in [5, 5.41) is 3.63. The van der Waals surface area contributed by atoms with Gasteiger partial charge >= 0.3 is 5.97 Å². The number of methoxy groups -OCH3 is 1. The number of ether oxygens (including phenoxy) is 2. The molecule has 2 aromatic rings. The maximum Gasteiger partial charge on any atom is 0.340 e. The van der Waals surface area contributed by atoms with Crippen molar-refractivity contribution in [2.24, 2.45) is 0 Å². The summed E-state index contributed by atoms with van der Waals surface area (Å²) in [5.41, 5.74) is 2.17. The van der Waals surface area contributed by atoms with Crippen molar-refractivity contribution in [1.29, 1.82) is 0 Å². The molecule has 5 heteroatoms. The average Bonchev–Trinajstić information content (AvgIpc) is 2.76. The van der Waals surface area contributed by atoms with E-state index in [1.807, 2.05) is 24.3 Å². The Morgan fingerprint density at radius 1 is 1.25 bits per heavy atom. The lowest BCUT2D eigenvalue weighted by molar-refractivity contribution is 0.0437. The van der Waals surface area contributed by atoms with Crippen LogP contribution in [-0.4, -0.2) is 13.1 Å². The van der Waals surface area contributed by atoms with Gasteiger partial charge in [0.15, 0.2) is 0 Å². The van der Waals surface area contributed by atoms with Gasteiger partial charge in [-0.2, -0.15) is 0 Å². The third kappa shape index (κ3) is 2.18. The number of esters is 1. The van der Waals surface area contributed by atoms with Crippen LogP contribution in [0.1, 0.15) is 22.1 Å². The molecular weight excluding hydrogens is 278 g/mol. The van der Waals surface area contributed by atoms with Crippen molar-refractivity contribution in [3.8, 4) is 5.75 Å². The molecule has 0 saturated carbocycles. The van der Waals surface area contributed by atoms with Crippen molar-refractivity contribution in [2.45, 2.75) is 6.23 Å². The van der Waals surface area contributed by atoms with E-state index in [2.05, 4.69) is 5.32 Å². The van der Waals surface area contributed by atoms with Gasteiger partial charge in [-0.3, -0.25) is 0 Å². The molecule has 0 fully saturated rings. The Morgan fingerprint density at radius 2 is 2.05 bits per heavy atom. The van der Waals surface area contributed by atoms with E-state index in [0.29, 0.717) is 16.3 Å². The zero-order chi connectivity index (χ0) is 14.1. The van der Waals surface area contributed by atoms with Gasteiger partial charge in [0.25, 0.3) is 0 Å². The molecule has 1 N–H and O–H groups in total. The second kappa shape index (κ2) is 5.06. The van der Waals surface area contributed by atoms with Crippen molar-refractivity contribution < 1.29 is 14.3 Å². The minimum atomic E-state index is -0.497. The Morgan fingerprint density at radius 3 is 2.80 bits per heavy atom. The number of hydrogen-bond acceptors (Lipinski definition) is 4. The number of nitrogens with one attached hydrogen (secondary N) is 1. The molecule has 2 aromatic carbocycles. The molecule has 0 amide bonds. The van der Waals surface area contributed by atoms with Crippen LogP contribution in [0.2, 0.25) is 5.02 Å². The van der Waals surface area contributed by atoms with Crippen molar-refractivity contribution in [3.63, 3.8) is 0 Å². The van der Waals surface area contributed by atoms with Crippen molar-refractivity contribution in [2.75, 3.05) is 12.4 Å². The number of carbonyl (C=O) groups is 1. The highest BCUT2D eigenvalue weighted by atomic mass is 35.5. The van der Waals surface area contributed by atoms with Gasteiger partial charge in [0.2, 0.25) is 6.23 Å². The SMILES string of the molecule is COc1ccc(NC2OC(=O)c3ccccc32)cc1Cl. The zero-order valence-corrected chi connectivity index (χ0v) is 11.5. The molecule has 0 aliphatic carbocycles. The third-order valence-corrected chi connectivity index (χ3v) is 3.43. The van der Waals surface area contributed by atoms with Crippen LogP contribution in [0, 0.1) is 0 Å². The molecule has 1 aliphatic heterocycles. The number of cyclic esters (lactones) is 1. The molecular formula is C15H12ClNO3. The molecule has 0 aromatic heterocycles. The minimum absolute atomic E-state index is 0.322. The molecule has 20 heavy (non-hydrogen) atoms. The fraction of sp³-hybridized carbons (Fsp3) is 0.133. The largest absolute Gasteiger partial charge is 0.495 e. The topological polar surface area (TPSA) is 47.6 Å². The van der Waals surface area contributed by atoms with Gasteiger partial charge < -0.3 is 14.8 Å². The summed E-state index contributed by atoms with van der Waals surface area (Å²) >= 11 is 6.07. The van der Waals surface area contributed by atoms with Crippen LogP contribution in [0.3, 0.4) is 0 Å². The summed E-state index contributed by atoms with van der Waals surface area (Å²) in [6.07, 6.45) is -0.497. The molecule has 102 valence electrons. The standard InChI is InChI=1S/C15H12ClNO3/c1-19-13-7-6-9(8-12(13)16)17-14-10-4-2-3-5-11(10)15(18)20-14/h2-8,14,17H,1H3. The quantitative estimate of drug-likeness (QED) is 0.877. The van der Waals surface area contributed by atoms with Gasteiger partial charge in [-0.25, -0.2) is 4.79 Å². The summed E-state index contributed by atoms with van der Waals surface area (Å²) in [4.78, 5) is 11.7. The normalized spacial score (nSPS) is 16.5. The first-order chi connectivity index (χ1) is 9.69. The molecule has 1 heterocycles. The highest BCUT2D eigenvalue weighted by Crippen LogP contribution is 2.33. The van der Waals surface area contributed by atoms with Crippen LogP contribution in [-0.2, 0) is 4.74 Å². The van der Waals surface area contributed by atoms with E-state index in [1.165, 1.54) is 0 Å². The second-order valence-corrected chi connectivity index (χ2v) is 4.77. The van der Waals surface area contributed by atoms with E-state index >= 15 is 0 Å². The number of halogens is 1. The number of anilines is 1. The molecule has 1 unspecified atom stereocenters. The van der Waals surface area contributed by atoms with Crippen LogP contribution in [0.5, 0.6) is 5.75 Å². The Hall–Kier alpha value is -2.20. The van der Waals surface area contributed by atoms with Crippen LogP contribution in [0.15, 0.2) is 42.5 Å². The Labute approximate surface area is 121 Å². The van der Waals surface area contributed by atoms with E-state index in [1.54, 1.807) is 25.3 Å². The van der Waals surface area contributed by atoms with Gasteiger partial charge in [0.05, 0.1) is 17.7 Å².